The predicted molar refractivity (Wildman–Crippen MR) is 120 cm³/mol. The summed E-state index contributed by atoms with van der Waals surface area (Å²) in [6, 6.07) is 11.5. The van der Waals surface area contributed by atoms with Crippen molar-refractivity contribution in [1.82, 2.24) is 15.5 Å². The van der Waals surface area contributed by atoms with E-state index in [1.807, 2.05) is 42.5 Å². The summed E-state index contributed by atoms with van der Waals surface area (Å²) in [5.74, 6) is -4.02. The number of benzene rings is 2. The molecule has 1 aliphatic heterocycles. The number of carbonyl (C=O) groups is 3. The fourth-order valence-corrected chi connectivity index (χ4v) is 3.58. The molecule has 2 N–H and O–H groups in total. The van der Waals surface area contributed by atoms with Gasteiger partial charge in [-0.25, -0.2) is 8.78 Å². The van der Waals surface area contributed by atoms with Gasteiger partial charge in [-0.1, -0.05) is 42.5 Å². The molecule has 0 saturated carbocycles. The van der Waals surface area contributed by atoms with E-state index in [1.54, 1.807) is 4.90 Å². The van der Waals surface area contributed by atoms with Gasteiger partial charge in [0.25, 0.3) is 0 Å². The topological polar surface area (TPSA) is 78.5 Å². The van der Waals surface area contributed by atoms with E-state index in [0.29, 0.717) is 19.5 Å². The second-order valence-electron chi connectivity index (χ2n) is 8.01. The van der Waals surface area contributed by atoms with Crippen molar-refractivity contribution in [2.24, 2.45) is 5.92 Å². The van der Waals surface area contributed by atoms with Gasteiger partial charge in [-0.3, -0.25) is 14.4 Å². The van der Waals surface area contributed by atoms with Gasteiger partial charge in [0, 0.05) is 32.1 Å². The van der Waals surface area contributed by atoms with Gasteiger partial charge in [0.05, 0.1) is 0 Å². The van der Waals surface area contributed by atoms with Gasteiger partial charge in [0.2, 0.25) is 17.7 Å². The quantitative estimate of drug-likeness (QED) is 0.475. The van der Waals surface area contributed by atoms with Crippen molar-refractivity contribution in [3.8, 4) is 0 Å². The van der Waals surface area contributed by atoms with Crippen LogP contribution in [0.2, 0.25) is 0 Å². The molecule has 0 fully saturated rings. The van der Waals surface area contributed by atoms with E-state index in [1.165, 1.54) is 6.92 Å². The highest BCUT2D eigenvalue weighted by atomic mass is 19.1. The third-order valence-electron chi connectivity index (χ3n) is 5.44. The lowest BCUT2D eigenvalue weighted by Crippen LogP contribution is -2.52. The number of hydrogen-bond acceptors (Lipinski definition) is 3. The van der Waals surface area contributed by atoms with Crippen molar-refractivity contribution in [3.05, 3.63) is 83.4 Å². The van der Waals surface area contributed by atoms with Gasteiger partial charge in [-0.05, 0) is 36.6 Å². The van der Waals surface area contributed by atoms with Crippen molar-refractivity contribution >= 4 is 17.7 Å². The van der Waals surface area contributed by atoms with E-state index in [0.717, 1.165) is 30.2 Å². The Kier molecular flexibility index (Phi) is 8.29. The zero-order chi connectivity index (χ0) is 23.8. The molecule has 3 amide bonds. The molecule has 0 spiro atoms. The zero-order valence-corrected chi connectivity index (χ0v) is 18.4. The second kappa shape index (κ2) is 11.4. The Labute approximate surface area is 191 Å². The van der Waals surface area contributed by atoms with Gasteiger partial charge in [0.1, 0.15) is 23.6 Å². The maximum Gasteiger partial charge on any atom is 0.245 e. The molecule has 0 saturated heterocycles. The molecule has 0 aromatic heterocycles. The lowest BCUT2D eigenvalue weighted by molar-refractivity contribution is -0.140. The van der Waals surface area contributed by atoms with Crippen LogP contribution in [0, 0.1) is 17.6 Å². The molecule has 2 unspecified atom stereocenters. The highest BCUT2D eigenvalue weighted by molar-refractivity contribution is 6.01. The number of nitrogens with one attached hydrogen (secondary N) is 2. The van der Waals surface area contributed by atoms with Gasteiger partial charge >= 0.3 is 0 Å². The van der Waals surface area contributed by atoms with Crippen molar-refractivity contribution < 1.29 is 23.2 Å². The molecule has 2 aromatic rings. The molecule has 8 heteroatoms. The smallest absolute Gasteiger partial charge is 0.245 e. The van der Waals surface area contributed by atoms with Gasteiger partial charge < -0.3 is 15.5 Å². The van der Waals surface area contributed by atoms with Crippen LogP contribution >= 0.6 is 0 Å². The summed E-state index contributed by atoms with van der Waals surface area (Å²) >= 11 is 0. The number of nitrogens with zero attached hydrogens (tertiary/aromatic N) is 1. The van der Waals surface area contributed by atoms with Crippen LogP contribution in [0.5, 0.6) is 0 Å². The molecule has 33 heavy (non-hydrogen) atoms. The van der Waals surface area contributed by atoms with Crippen LogP contribution < -0.4 is 10.6 Å². The third kappa shape index (κ3) is 6.97. The van der Waals surface area contributed by atoms with Crippen molar-refractivity contribution in [1.29, 1.82) is 0 Å². The van der Waals surface area contributed by atoms with Gasteiger partial charge in [0.15, 0.2) is 0 Å². The Balaban J connectivity index is 1.64. The molecule has 174 valence electrons. The van der Waals surface area contributed by atoms with E-state index in [9.17, 15) is 23.2 Å². The summed E-state index contributed by atoms with van der Waals surface area (Å²) in [6.07, 6.45) is 4.96. The standard InChI is InChI=1S/C25H27F2N3O3/c1-17(23(31)28-16-19-12-20(26)15-21(27)13-19)24(32)29-22(14-18-8-4-2-5-9-18)25(33)30-10-6-3-7-11-30/h2-6,8-9,12-13,15,17,22H,7,10-11,14,16H2,1H3,(H,28,31)(H,29,32). The SMILES string of the molecule is CC(C(=O)NCc1cc(F)cc(F)c1)C(=O)NC(Cc1ccccc1)C(=O)N1CC=CCC1. The third-order valence-corrected chi connectivity index (χ3v) is 5.44. The normalized spacial score (nSPS) is 14.9. The summed E-state index contributed by atoms with van der Waals surface area (Å²) in [5.41, 5.74) is 1.12. The fraction of sp³-hybridized carbons (Fsp3) is 0.320. The van der Waals surface area contributed by atoms with Crippen LogP contribution in [0.3, 0.4) is 0 Å². The van der Waals surface area contributed by atoms with E-state index < -0.39 is 35.4 Å². The monoisotopic (exact) mass is 455 g/mol. The molecule has 1 heterocycles. The van der Waals surface area contributed by atoms with E-state index in [-0.39, 0.29) is 18.0 Å². The first-order valence-corrected chi connectivity index (χ1v) is 10.8. The minimum Gasteiger partial charge on any atom is -0.351 e. The average molecular weight is 456 g/mol. The first kappa shape index (κ1) is 24.1. The lowest BCUT2D eigenvalue weighted by Gasteiger charge is -2.29. The Morgan fingerprint density at radius 1 is 0.970 bits per heavy atom. The first-order valence-electron chi connectivity index (χ1n) is 10.8. The Bertz CT molecular complexity index is 1010. The van der Waals surface area contributed by atoms with Crippen molar-refractivity contribution in [3.63, 3.8) is 0 Å². The maximum absolute atomic E-state index is 13.3. The van der Waals surface area contributed by atoms with Gasteiger partial charge in [-0.2, -0.15) is 0 Å². The second-order valence-corrected chi connectivity index (χ2v) is 8.01. The van der Waals surface area contributed by atoms with Crippen LogP contribution in [0.25, 0.3) is 0 Å². The number of halogens is 2. The van der Waals surface area contributed by atoms with Crippen LogP contribution in [0.1, 0.15) is 24.5 Å². The van der Waals surface area contributed by atoms with Crippen molar-refractivity contribution in [2.75, 3.05) is 13.1 Å². The first-order chi connectivity index (χ1) is 15.8. The Morgan fingerprint density at radius 3 is 2.30 bits per heavy atom. The summed E-state index contributed by atoms with van der Waals surface area (Å²) in [5, 5.41) is 5.24. The van der Waals surface area contributed by atoms with Crippen LogP contribution in [0.15, 0.2) is 60.7 Å². The van der Waals surface area contributed by atoms with Crippen LogP contribution in [0.4, 0.5) is 8.78 Å². The largest absolute Gasteiger partial charge is 0.351 e. The molecule has 0 bridgehead atoms. The maximum atomic E-state index is 13.3. The zero-order valence-electron chi connectivity index (χ0n) is 18.4. The summed E-state index contributed by atoms with van der Waals surface area (Å²) in [7, 11) is 0. The Hall–Kier alpha value is -3.55. The highest BCUT2D eigenvalue weighted by Crippen LogP contribution is 2.11. The molecule has 0 radical (unpaired) electrons. The number of hydrogen-bond donors (Lipinski definition) is 2. The highest BCUT2D eigenvalue weighted by Gasteiger charge is 2.30. The molecule has 2 aromatic carbocycles. The molecule has 1 aliphatic rings. The molecule has 0 aliphatic carbocycles. The number of carbonyl (C=O) groups excluding carboxylic acids is 3. The Morgan fingerprint density at radius 2 is 1.67 bits per heavy atom. The van der Waals surface area contributed by atoms with E-state index >= 15 is 0 Å². The van der Waals surface area contributed by atoms with E-state index in [2.05, 4.69) is 10.6 Å². The van der Waals surface area contributed by atoms with Gasteiger partial charge in [-0.15, -0.1) is 0 Å². The number of rotatable bonds is 8. The molecular weight excluding hydrogens is 428 g/mol. The van der Waals surface area contributed by atoms with Crippen LogP contribution in [-0.2, 0) is 27.3 Å². The fourth-order valence-electron chi connectivity index (χ4n) is 3.58. The minimum atomic E-state index is -1.10. The average Bonchev–Trinajstić information content (AvgIpc) is 2.81. The summed E-state index contributed by atoms with van der Waals surface area (Å²) in [6.45, 7) is 2.33. The minimum absolute atomic E-state index is 0.127. The summed E-state index contributed by atoms with van der Waals surface area (Å²) in [4.78, 5) is 40.1. The van der Waals surface area contributed by atoms with Crippen LogP contribution in [-0.4, -0.2) is 41.8 Å². The van der Waals surface area contributed by atoms with E-state index in [4.69, 9.17) is 0 Å². The molecule has 6 nitrogen and oxygen atoms in total. The summed E-state index contributed by atoms with van der Waals surface area (Å²) < 4.78 is 26.7. The lowest BCUT2D eigenvalue weighted by atomic mass is 10.0. The molecule has 2 atom stereocenters. The molecular formula is C25H27F2N3O3. The number of amides is 3. The molecule has 3 rings (SSSR count). The van der Waals surface area contributed by atoms with Crippen molar-refractivity contribution in [2.45, 2.75) is 32.4 Å². The predicted octanol–water partition coefficient (Wildman–Crippen LogP) is 2.73.